The van der Waals surface area contributed by atoms with Gasteiger partial charge in [0.25, 0.3) is 0 Å². The van der Waals surface area contributed by atoms with Crippen LogP contribution in [0.4, 0.5) is 0 Å². The normalized spacial score (nSPS) is 29.1. The Morgan fingerprint density at radius 2 is 2.23 bits per heavy atom. The minimum absolute atomic E-state index is 0.0592. The summed E-state index contributed by atoms with van der Waals surface area (Å²) in [5.41, 5.74) is 0. The van der Waals surface area contributed by atoms with Gasteiger partial charge in [0.2, 0.25) is 0 Å². The van der Waals surface area contributed by atoms with Gasteiger partial charge in [0.1, 0.15) is 0 Å². The highest BCUT2D eigenvalue weighted by Crippen LogP contribution is 2.17. The van der Waals surface area contributed by atoms with Gasteiger partial charge in [-0.1, -0.05) is 0 Å². The molecule has 13 heavy (non-hydrogen) atoms. The molecule has 1 rings (SSSR count). The van der Waals surface area contributed by atoms with E-state index in [-0.39, 0.29) is 18.6 Å². The maximum absolute atomic E-state index is 9.54. The van der Waals surface area contributed by atoms with Crippen LogP contribution in [0, 0.1) is 5.92 Å². The van der Waals surface area contributed by atoms with E-state index in [1.165, 1.54) is 0 Å². The predicted octanol–water partition coefficient (Wildman–Crippen LogP) is -0.217. The van der Waals surface area contributed by atoms with Crippen LogP contribution in [0.15, 0.2) is 0 Å². The summed E-state index contributed by atoms with van der Waals surface area (Å²) in [5, 5.41) is 18.0. The van der Waals surface area contributed by atoms with Gasteiger partial charge in [-0.05, 0) is 12.8 Å². The molecule has 0 aromatic carbocycles. The van der Waals surface area contributed by atoms with Crippen LogP contribution in [0.5, 0.6) is 0 Å². The fourth-order valence-corrected chi connectivity index (χ4v) is 1.46. The van der Waals surface area contributed by atoms with E-state index < -0.39 is 0 Å². The molecule has 1 aliphatic rings. The van der Waals surface area contributed by atoms with E-state index in [0.29, 0.717) is 26.4 Å². The lowest BCUT2D eigenvalue weighted by molar-refractivity contribution is -0.0479. The van der Waals surface area contributed by atoms with Crippen LogP contribution in [0.2, 0.25) is 0 Å². The fraction of sp³-hybridized carbons (Fsp3) is 1.00. The highest BCUT2D eigenvalue weighted by atomic mass is 16.5. The maximum Gasteiger partial charge on any atom is 0.0697 e. The quantitative estimate of drug-likeness (QED) is 0.589. The zero-order valence-corrected chi connectivity index (χ0v) is 7.82. The van der Waals surface area contributed by atoms with Gasteiger partial charge in [-0.3, -0.25) is 0 Å². The summed E-state index contributed by atoms with van der Waals surface area (Å²) < 4.78 is 10.4. The van der Waals surface area contributed by atoms with E-state index in [1.807, 2.05) is 0 Å². The first kappa shape index (κ1) is 10.9. The molecular weight excluding hydrogens is 172 g/mol. The Bertz CT molecular complexity index is 129. The summed E-state index contributed by atoms with van der Waals surface area (Å²) in [4.78, 5) is 0. The molecule has 1 saturated heterocycles. The van der Waals surface area contributed by atoms with E-state index in [4.69, 9.17) is 14.6 Å². The number of aliphatic hydroxyl groups is 2. The van der Waals surface area contributed by atoms with Gasteiger partial charge in [0, 0.05) is 19.1 Å². The topological polar surface area (TPSA) is 58.9 Å². The minimum Gasteiger partial charge on any atom is -0.394 e. The molecule has 2 unspecified atom stereocenters. The summed E-state index contributed by atoms with van der Waals surface area (Å²) >= 11 is 0. The van der Waals surface area contributed by atoms with Crippen LogP contribution >= 0.6 is 0 Å². The third-order valence-electron chi connectivity index (χ3n) is 2.30. The van der Waals surface area contributed by atoms with E-state index >= 15 is 0 Å². The molecule has 4 heteroatoms. The summed E-state index contributed by atoms with van der Waals surface area (Å²) in [6, 6.07) is 0. The Morgan fingerprint density at radius 1 is 1.38 bits per heavy atom. The molecule has 0 aromatic rings. The molecule has 0 spiro atoms. The van der Waals surface area contributed by atoms with E-state index in [0.717, 1.165) is 12.8 Å². The summed E-state index contributed by atoms with van der Waals surface area (Å²) in [7, 11) is 0. The molecule has 78 valence electrons. The average Bonchev–Trinajstić information content (AvgIpc) is 2.15. The molecule has 0 aromatic heterocycles. The number of ether oxygens (including phenoxy) is 2. The molecule has 1 fully saturated rings. The SMILES string of the molecule is OCCOCCC1COCCC1O. The van der Waals surface area contributed by atoms with Crippen molar-refractivity contribution < 1.29 is 19.7 Å². The van der Waals surface area contributed by atoms with Crippen LogP contribution < -0.4 is 0 Å². The van der Waals surface area contributed by atoms with Crippen molar-refractivity contribution in [2.75, 3.05) is 33.0 Å². The Hall–Kier alpha value is -0.160. The molecule has 0 saturated carbocycles. The minimum atomic E-state index is -0.244. The number of hydrogen-bond donors (Lipinski definition) is 2. The standard InChI is InChI=1S/C9H18O4/c10-3-6-12-4-1-8-7-13-5-2-9(8)11/h8-11H,1-7H2. The van der Waals surface area contributed by atoms with Crippen LogP contribution in [0.25, 0.3) is 0 Å². The molecule has 0 radical (unpaired) electrons. The van der Waals surface area contributed by atoms with Crippen molar-refractivity contribution in [1.82, 2.24) is 0 Å². The summed E-state index contributed by atoms with van der Waals surface area (Å²) in [5.74, 6) is 0.201. The smallest absolute Gasteiger partial charge is 0.0697 e. The van der Waals surface area contributed by atoms with Gasteiger partial charge < -0.3 is 19.7 Å². The van der Waals surface area contributed by atoms with Gasteiger partial charge >= 0.3 is 0 Å². The summed E-state index contributed by atoms with van der Waals surface area (Å²) in [6.07, 6.45) is 1.29. The first-order chi connectivity index (χ1) is 6.34. The number of rotatable bonds is 5. The highest BCUT2D eigenvalue weighted by Gasteiger charge is 2.22. The Balaban J connectivity index is 2.05. The molecule has 0 amide bonds. The van der Waals surface area contributed by atoms with Gasteiger partial charge in [0.15, 0.2) is 0 Å². The molecule has 0 bridgehead atoms. The lowest BCUT2D eigenvalue weighted by atomic mass is 9.96. The zero-order valence-electron chi connectivity index (χ0n) is 7.82. The predicted molar refractivity (Wildman–Crippen MR) is 47.5 cm³/mol. The van der Waals surface area contributed by atoms with Gasteiger partial charge in [-0.15, -0.1) is 0 Å². The van der Waals surface area contributed by atoms with Crippen LogP contribution in [-0.4, -0.2) is 49.4 Å². The van der Waals surface area contributed by atoms with Crippen LogP contribution in [0.1, 0.15) is 12.8 Å². The lowest BCUT2D eigenvalue weighted by Gasteiger charge is -2.27. The van der Waals surface area contributed by atoms with Crippen molar-refractivity contribution in [3.8, 4) is 0 Å². The van der Waals surface area contributed by atoms with E-state index in [9.17, 15) is 5.11 Å². The Labute approximate surface area is 78.5 Å². The first-order valence-electron chi connectivity index (χ1n) is 4.79. The number of aliphatic hydroxyl groups excluding tert-OH is 2. The van der Waals surface area contributed by atoms with Gasteiger partial charge in [0.05, 0.1) is 25.9 Å². The van der Waals surface area contributed by atoms with Crippen molar-refractivity contribution in [3.63, 3.8) is 0 Å². The van der Waals surface area contributed by atoms with Crippen LogP contribution in [-0.2, 0) is 9.47 Å². The molecule has 1 aliphatic heterocycles. The second kappa shape index (κ2) is 6.32. The first-order valence-corrected chi connectivity index (χ1v) is 4.79. The number of hydrogen-bond acceptors (Lipinski definition) is 4. The Morgan fingerprint density at radius 3 is 2.92 bits per heavy atom. The van der Waals surface area contributed by atoms with Crippen molar-refractivity contribution >= 4 is 0 Å². The monoisotopic (exact) mass is 190 g/mol. The molecule has 4 nitrogen and oxygen atoms in total. The summed E-state index contributed by atoms with van der Waals surface area (Å²) in [6.45, 7) is 2.32. The molecule has 0 aliphatic carbocycles. The zero-order chi connectivity index (χ0) is 9.52. The van der Waals surface area contributed by atoms with Gasteiger partial charge in [-0.25, -0.2) is 0 Å². The fourth-order valence-electron chi connectivity index (χ4n) is 1.46. The third kappa shape index (κ3) is 4.04. The van der Waals surface area contributed by atoms with Crippen molar-refractivity contribution in [3.05, 3.63) is 0 Å². The second-order valence-corrected chi connectivity index (χ2v) is 3.32. The molecule has 2 atom stereocenters. The second-order valence-electron chi connectivity index (χ2n) is 3.32. The van der Waals surface area contributed by atoms with Crippen molar-refractivity contribution in [1.29, 1.82) is 0 Å². The van der Waals surface area contributed by atoms with Crippen molar-refractivity contribution in [2.24, 2.45) is 5.92 Å². The molecule has 2 N–H and O–H groups in total. The molecule has 1 heterocycles. The Kier molecular flexibility index (Phi) is 5.31. The van der Waals surface area contributed by atoms with E-state index in [1.54, 1.807) is 0 Å². The van der Waals surface area contributed by atoms with E-state index in [2.05, 4.69) is 0 Å². The average molecular weight is 190 g/mol. The van der Waals surface area contributed by atoms with Crippen LogP contribution in [0.3, 0.4) is 0 Å². The lowest BCUT2D eigenvalue weighted by Crippen LogP contribution is -2.32. The highest BCUT2D eigenvalue weighted by molar-refractivity contribution is 4.72. The van der Waals surface area contributed by atoms with Gasteiger partial charge in [-0.2, -0.15) is 0 Å². The maximum atomic E-state index is 9.54. The van der Waals surface area contributed by atoms with Crippen molar-refractivity contribution in [2.45, 2.75) is 18.9 Å². The molecular formula is C9H18O4. The third-order valence-corrected chi connectivity index (χ3v) is 2.30. The largest absolute Gasteiger partial charge is 0.394 e.